The molecule has 1 heterocycles. The molecule has 12 heavy (non-hydrogen) atoms. The molecule has 0 spiro atoms. The maximum Gasteiger partial charge on any atom is 2.00 e. The van der Waals surface area contributed by atoms with Crippen LogP contribution in [-0.2, 0) is 4.74 Å². The van der Waals surface area contributed by atoms with Gasteiger partial charge in [0.05, 0.1) is 6.26 Å². The average Bonchev–Trinajstić information content (AvgIpc) is 2.42. The van der Waals surface area contributed by atoms with E-state index in [1.165, 1.54) is 0 Å². The summed E-state index contributed by atoms with van der Waals surface area (Å²) in [4.78, 5) is 0. The first-order valence-corrected chi connectivity index (χ1v) is 3.84. The summed E-state index contributed by atoms with van der Waals surface area (Å²) in [5, 5.41) is 7.33. The number of rotatable bonds is 2. The van der Waals surface area contributed by atoms with Crippen molar-refractivity contribution < 1.29 is 41.0 Å². The Labute approximate surface area is 98.8 Å². The molecule has 0 radical (unpaired) electrons. The third-order valence-corrected chi connectivity index (χ3v) is 1.37. The molecular formula is C9H16O2U. The Morgan fingerprint density at radius 3 is 2.67 bits per heavy atom. The average molecular weight is 394 g/mol. The molecule has 1 fully saturated rings. The minimum Gasteiger partial charge on any atom is -0.516 e. The van der Waals surface area contributed by atoms with Crippen LogP contribution < -0.4 is 0 Å². The van der Waals surface area contributed by atoms with Gasteiger partial charge in [-0.2, -0.15) is 12.8 Å². The van der Waals surface area contributed by atoms with Gasteiger partial charge in [0.15, 0.2) is 0 Å². The van der Waals surface area contributed by atoms with Gasteiger partial charge in [-0.15, -0.1) is 0 Å². The van der Waals surface area contributed by atoms with Gasteiger partial charge in [0.1, 0.15) is 0 Å². The Morgan fingerprint density at radius 2 is 2.33 bits per heavy atom. The Balaban J connectivity index is 0. The molecule has 68 valence electrons. The molecule has 1 rings (SSSR count). The first kappa shape index (κ1) is 15.0. The van der Waals surface area contributed by atoms with Crippen molar-refractivity contribution in [1.82, 2.24) is 0 Å². The molecule has 0 bridgehead atoms. The zero-order valence-electron chi connectivity index (χ0n) is 7.33. The molecule has 1 aliphatic rings. The van der Waals surface area contributed by atoms with Crippen LogP contribution in [0.5, 0.6) is 0 Å². The second-order valence-electron chi connectivity index (χ2n) is 2.26. The molecule has 1 unspecified atom stereocenters. The molecule has 1 aliphatic heterocycles. The van der Waals surface area contributed by atoms with Crippen LogP contribution in [0, 0.1) is 44.5 Å². The van der Waals surface area contributed by atoms with Gasteiger partial charge in [-0.05, 0) is 0 Å². The molecule has 2 nitrogen and oxygen atoms in total. The van der Waals surface area contributed by atoms with Gasteiger partial charge in [-0.1, -0.05) is 19.1 Å². The summed E-state index contributed by atoms with van der Waals surface area (Å²) in [6, 6.07) is 0. The van der Waals surface area contributed by atoms with Crippen molar-refractivity contribution in [1.29, 1.82) is 0 Å². The summed E-state index contributed by atoms with van der Waals surface area (Å²) >= 11 is 0. The molecule has 0 amide bonds. The maximum atomic E-state index is 7.33. The molecule has 0 aromatic rings. The molecule has 0 saturated carbocycles. The third kappa shape index (κ3) is 8.65. The Bertz CT molecular complexity index is 90.5. The van der Waals surface area contributed by atoms with Crippen LogP contribution >= 0.6 is 0 Å². The molecule has 1 saturated heterocycles. The van der Waals surface area contributed by atoms with Gasteiger partial charge < -0.3 is 16.8 Å². The van der Waals surface area contributed by atoms with E-state index in [0.717, 1.165) is 32.1 Å². The van der Waals surface area contributed by atoms with E-state index in [1.807, 2.05) is 0 Å². The van der Waals surface area contributed by atoms with E-state index in [2.05, 4.69) is 19.9 Å². The summed E-state index contributed by atoms with van der Waals surface area (Å²) in [7, 11) is 0. The van der Waals surface area contributed by atoms with Crippen LogP contribution in [0.2, 0.25) is 0 Å². The summed E-state index contributed by atoms with van der Waals surface area (Å²) in [5.41, 5.74) is 0. The fourth-order valence-corrected chi connectivity index (χ4v) is 0.944. The largest absolute Gasteiger partial charge is 2.00 e. The van der Waals surface area contributed by atoms with Gasteiger partial charge >= 0.3 is 31.1 Å². The number of aliphatic hydroxyl groups excluding tert-OH is 1. The zero-order valence-corrected chi connectivity index (χ0v) is 11.5. The second kappa shape index (κ2) is 11.6. The van der Waals surface area contributed by atoms with Crippen molar-refractivity contribution in [3.63, 3.8) is 0 Å². The monoisotopic (exact) mass is 394 g/mol. The molecule has 0 aromatic carbocycles. The van der Waals surface area contributed by atoms with Crippen molar-refractivity contribution >= 4 is 0 Å². The molecule has 1 N–H and O–H groups in total. The van der Waals surface area contributed by atoms with Crippen molar-refractivity contribution in [3.05, 3.63) is 26.2 Å². The summed E-state index contributed by atoms with van der Waals surface area (Å²) < 4.78 is 5.30. The maximum absolute atomic E-state index is 7.33. The smallest absolute Gasteiger partial charge is 0.516 e. The van der Waals surface area contributed by atoms with E-state index >= 15 is 0 Å². The first-order valence-electron chi connectivity index (χ1n) is 3.84. The van der Waals surface area contributed by atoms with Crippen molar-refractivity contribution in [2.45, 2.75) is 25.4 Å². The predicted octanol–water partition coefficient (Wildman–Crippen LogP) is 2.28. The van der Waals surface area contributed by atoms with Gasteiger partial charge in [-0.3, -0.25) is 6.42 Å². The van der Waals surface area contributed by atoms with Crippen LogP contribution in [0.25, 0.3) is 0 Å². The summed E-state index contributed by atoms with van der Waals surface area (Å²) in [5.74, 6) is 0. The quantitative estimate of drug-likeness (QED) is 0.576. The van der Waals surface area contributed by atoms with Crippen LogP contribution in [0.1, 0.15) is 19.3 Å². The van der Waals surface area contributed by atoms with E-state index in [9.17, 15) is 0 Å². The molecule has 0 aromatic heterocycles. The first-order chi connectivity index (χ1) is 5.35. The normalized spacial score (nSPS) is 20.2. The van der Waals surface area contributed by atoms with E-state index in [1.54, 1.807) is 0 Å². The van der Waals surface area contributed by atoms with E-state index in [0.29, 0.717) is 6.10 Å². The minimum atomic E-state index is 0. The minimum absolute atomic E-state index is 0. The number of aliphatic hydroxyl groups is 1. The summed E-state index contributed by atoms with van der Waals surface area (Å²) in [6.45, 7) is 7.59. The molecule has 1 atom stereocenters. The predicted molar refractivity (Wildman–Crippen MR) is 46.1 cm³/mol. The van der Waals surface area contributed by atoms with Crippen molar-refractivity contribution in [2.24, 2.45) is 0 Å². The number of ether oxygens (including phenoxy) is 1. The van der Waals surface area contributed by atoms with Crippen LogP contribution in [0.3, 0.4) is 0 Å². The van der Waals surface area contributed by atoms with Gasteiger partial charge in [0, 0.05) is 6.61 Å². The van der Waals surface area contributed by atoms with Crippen LogP contribution in [0.15, 0.2) is 12.8 Å². The third-order valence-electron chi connectivity index (χ3n) is 1.37. The van der Waals surface area contributed by atoms with Gasteiger partial charge in [0.2, 0.25) is 0 Å². The van der Waals surface area contributed by atoms with Gasteiger partial charge in [0.25, 0.3) is 0 Å². The topological polar surface area (TPSA) is 29.5 Å². The van der Waals surface area contributed by atoms with E-state index in [4.69, 9.17) is 9.84 Å². The number of hydrogen-bond acceptors (Lipinski definition) is 2. The molecular weight excluding hydrogens is 378 g/mol. The number of hydrogen-bond donors (Lipinski definition) is 1. The van der Waals surface area contributed by atoms with E-state index in [-0.39, 0.29) is 31.1 Å². The molecule has 0 aliphatic carbocycles. The SMILES string of the molecule is C=CO.[CH2-]CCC1[CH-]CCO1.[U+2]. The Hall–Kier alpha value is 0.552. The van der Waals surface area contributed by atoms with Crippen molar-refractivity contribution in [2.75, 3.05) is 6.61 Å². The fourth-order valence-electron chi connectivity index (χ4n) is 0.944. The summed E-state index contributed by atoms with van der Waals surface area (Å²) in [6.07, 6.45) is 6.62. The zero-order chi connectivity index (χ0) is 8.53. The van der Waals surface area contributed by atoms with E-state index < -0.39 is 0 Å². The van der Waals surface area contributed by atoms with Crippen LogP contribution in [-0.4, -0.2) is 17.8 Å². The fraction of sp³-hybridized carbons (Fsp3) is 0.556. The standard InChI is InChI=1S/C7H12O.C2H4O.U/c1-2-4-7-5-3-6-8-7;1-2-3;/h5,7H,1-4,6H2;2-3H,1H2;/q-2;;+2. The van der Waals surface area contributed by atoms with Crippen molar-refractivity contribution in [3.8, 4) is 0 Å². The Kier molecular flexibility index (Phi) is 14.5. The van der Waals surface area contributed by atoms with Crippen LogP contribution in [0.4, 0.5) is 0 Å². The second-order valence-corrected chi connectivity index (χ2v) is 2.26. The molecule has 3 heteroatoms. The van der Waals surface area contributed by atoms with Gasteiger partial charge in [-0.25, -0.2) is 0 Å². The Morgan fingerprint density at radius 1 is 1.75 bits per heavy atom.